The summed E-state index contributed by atoms with van der Waals surface area (Å²) in [4.78, 5) is 25.9. The third-order valence-electron chi connectivity index (χ3n) is 3.72. The van der Waals surface area contributed by atoms with Gasteiger partial charge in [0.2, 0.25) is 11.8 Å². The standard InChI is InChI=1S/C16H22N2O3/c1-11(2)12(3)17-15(19)10-18-13-6-4-5-7-14(13)21-9-8-16(18)20/h4-7,11-12H,8-10H2,1-3H3,(H,17,19). The topological polar surface area (TPSA) is 58.6 Å². The van der Waals surface area contributed by atoms with Crippen LogP contribution < -0.4 is 15.0 Å². The van der Waals surface area contributed by atoms with Gasteiger partial charge < -0.3 is 10.1 Å². The number of amides is 2. The number of para-hydroxylation sites is 2. The molecule has 0 saturated carbocycles. The number of nitrogens with zero attached hydrogens (tertiary/aromatic N) is 1. The minimum Gasteiger partial charge on any atom is -0.491 e. The zero-order valence-corrected chi connectivity index (χ0v) is 12.8. The monoisotopic (exact) mass is 290 g/mol. The summed E-state index contributed by atoms with van der Waals surface area (Å²) in [6, 6.07) is 7.38. The molecule has 0 bridgehead atoms. The van der Waals surface area contributed by atoms with Gasteiger partial charge in [-0.25, -0.2) is 0 Å². The molecule has 0 aliphatic carbocycles. The maximum atomic E-state index is 12.2. The summed E-state index contributed by atoms with van der Waals surface area (Å²) in [5.74, 6) is 0.756. The van der Waals surface area contributed by atoms with Gasteiger partial charge in [0.15, 0.2) is 0 Å². The molecule has 0 fully saturated rings. The van der Waals surface area contributed by atoms with Crippen LogP contribution in [-0.2, 0) is 9.59 Å². The summed E-state index contributed by atoms with van der Waals surface area (Å²) in [6.07, 6.45) is 0.279. The second kappa shape index (κ2) is 6.61. The molecule has 2 rings (SSSR count). The maximum absolute atomic E-state index is 12.2. The number of rotatable bonds is 4. The van der Waals surface area contributed by atoms with Crippen LogP contribution in [0.1, 0.15) is 27.2 Å². The largest absolute Gasteiger partial charge is 0.491 e. The fraction of sp³-hybridized carbons (Fsp3) is 0.500. The molecular weight excluding hydrogens is 268 g/mol. The number of ether oxygens (including phenoxy) is 1. The van der Waals surface area contributed by atoms with Crippen LogP contribution in [0.4, 0.5) is 5.69 Å². The molecule has 114 valence electrons. The third-order valence-corrected chi connectivity index (χ3v) is 3.72. The molecule has 1 aliphatic heterocycles. The average Bonchev–Trinajstić information content (AvgIpc) is 2.59. The summed E-state index contributed by atoms with van der Waals surface area (Å²) in [6.45, 7) is 6.42. The Morgan fingerprint density at radius 1 is 1.33 bits per heavy atom. The van der Waals surface area contributed by atoms with Crippen LogP contribution in [0, 0.1) is 5.92 Å². The molecule has 1 unspecified atom stereocenters. The Kier molecular flexibility index (Phi) is 4.83. The van der Waals surface area contributed by atoms with E-state index in [1.807, 2.05) is 39.0 Å². The van der Waals surface area contributed by atoms with Crippen molar-refractivity contribution in [3.8, 4) is 5.75 Å². The zero-order chi connectivity index (χ0) is 15.4. The molecule has 0 saturated heterocycles. The minimum atomic E-state index is -0.152. The summed E-state index contributed by atoms with van der Waals surface area (Å²) in [5.41, 5.74) is 0.660. The highest BCUT2D eigenvalue weighted by Gasteiger charge is 2.25. The summed E-state index contributed by atoms with van der Waals surface area (Å²) < 4.78 is 5.56. The van der Waals surface area contributed by atoms with Crippen LogP contribution in [0.15, 0.2) is 24.3 Å². The molecule has 0 radical (unpaired) electrons. The van der Waals surface area contributed by atoms with E-state index in [-0.39, 0.29) is 30.8 Å². The molecule has 1 atom stereocenters. The fourth-order valence-electron chi connectivity index (χ4n) is 2.10. The Bertz CT molecular complexity index is 528. The second-order valence-electron chi connectivity index (χ2n) is 5.65. The molecule has 0 spiro atoms. The normalized spacial score (nSPS) is 16.0. The molecule has 1 aromatic carbocycles. The number of nitrogens with one attached hydrogen (secondary N) is 1. The fourth-order valence-corrected chi connectivity index (χ4v) is 2.10. The Morgan fingerprint density at radius 3 is 2.76 bits per heavy atom. The van der Waals surface area contributed by atoms with E-state index in [1.165, 1.54) is 4.90 Å². The molecule has 2 amide bonds. The minimum absolute atomic E-state index is 0.0241. The van der Waals surface area contributed by atoms with E-state index in [4.69, 9.17) is 4.74 Å². The van der Waals surface area contributed by atoms with E-state index in [0.29, 0.717) is 24.0 Å². The molecule has 1 aliphatic rings. The van der Waals surface area contributed by atoms with E-state index in [0.717, 1.165) is 0 Å². The van der Waals surface area contributed by atoms with Crippen molar-refractivity contribution in [1.29, 1.82) is 0 Å². The number of hydrogen-bond acceptors (Lipinski definition) is 3. The first-order valence-electron chi connectivity index (χ1n) is 7.30. The lowest BCUT2D eigenvalue weighted by Gasteiger charge is -2.23. The predicted molar refractivity (Wildman–Crippen MR) is 81.3 cm³/mol. The van der Waals surface area contributed by atoms with E-state index in [2.05, 4.69) is 5.32 Å². The van der Waals surface area contributed by atoms with Crippen LogP contribution in [0.5, 0.6) is 5.75 Å². The van der Waals surface area contributed by atoms with Gasteiger partial charge in [0, 0.05) is 6.04 Å². The van der Waals surface area contributed by atoms with Gasteiger partial charge in [-0.3, -0.25) is 14.5 Å². The van der Waals surface area contributed by atoms with Gasteiger partial charge in [-0.2, -0.15) is 0 Å². The van der Waals surface area contributed by atoms with E-state index in [9.17, 15) is 9.59 Å². The number of hydrogen-bond donors (Lipinski definition) is 1. The summed E-state index contributed by atoms with van der Waals surface area (Å²) >= 11 is 0. The summed E-state index contributed by atoms with van der Waals surface area (Å²) in [7, 11) is 0. The van der Waals surface area contributed by atoms with Crippen molar-refractivity contribution >= 4 is 17.5 Å². The summed E-state index contributed by atoms with van der Waals surface area (Å²) in [5, 5.41) is 2.92. The molecule has 1 heterocycles. The first-order chi connectivity index (χ1) is 9.99. The van der Waals surface area contributed by atoms with E-state index >= 15 is 0 Å². The predicted octanol–water partition coefficient (Wildman–Crippen LogP) is 1.96. The first kappa shape index (κ1) is 15.4. The Labute approximate surface area is 125 Å². The number of benzene rings is 1. The smallest absolute Gasteiger partial charge is 0.240 e. The first-order valence-corrected chi connectivity index (χ1v) is 7.30. The van der Waals surface area contributed by atoms with Gasteiger partial charge in [0.25, 0.3) is 0 Å². The van der Waals surface area contributed by atoms with Gasteiger partial charge in [0.05, 0.1) is 18.7 Å². The van der Waals surface area contributed by atoms with Gasteiger partial charge in [-0.05, 0) is 25.0 Å². The van der Waals surface area contributed by atoms with Crippen molar-refractivity contribution in [1.82, 2.24) is 5.32 Å². The van der Waals surface area contributed by atoms with E-state index in [1.54, 1.807) is 6.07 Å². The molecule has 1 aromatic rings. The van der Waals surface area contributed by atoms with Crippen molar-refractivity contribution in [3.63, 3.8) is 0 Å². The molecule has 0 aromatic heterocycles. The number of fused-ring (bicyclic) bond motifs is 1. The van der Waals surface area contributed by atoms with Crippen LogP contribution in [0.25, 0.3) is 0 Å². The van der Waals surface area contributed by atoms with Crippen molar-refractivity contribution in [2.45, 2.75) is 33.2 Å². The van der Waals surface area contributed by atoms with Crippen LogP contribution in [-0.4, -0.2) is 31.0 Å². The lowest BCUT2D eigenvalue weighted by Crippen LogP contribution is -2.44. The number of carbonyl (C=O) groups excluding carboxylic acids is 2. The number of carbonyl (C=O) groups is 2. The molecule has 21 heavy (non-hydrogen) atoms. The van der Waals surface area contributed by atoms with Gasteiger partial charge in [-0.15, -0.1) is 0 Å². The lowest BCUT2D eigenvalue weighted by atomic mass is 10.1. The maximum Gasteiger partial charge on any atom is 0.240 e. The zero-order valence-electron chi connectivity index (χ0n) is 12.8. The van der Waals surface area contributed by atoms with Gasteiger partial charge in [-0.1, -0.05) is 26.0 Å². The van der Waals surface area contributed by atoms with E-state index < -0.39 is 0 Å². The van der Waals surface area contributed by atoms with Crippen LogP contribution in [0.3, 0.4) is 0 Å². The molecular formula is C16H22N2O3. The van der Waals surface area contributed by atoms with Crippen molar-refractivity contribution < 1.29 is 14.3 Å². The highest BCUT2D eigenvalue weighted by atomic mass is 16.5. The Balaban J connectivity index is 2.14. The molecule has 1 N–H and O–H groups in total. The van der Waals surface area contributed by atoms with Crippen LogP contribution in [0.2, 0.25) is 0 Å². The van der Waals surface area contributed by atoms with Crippen molar-refractivity contribution in [3.05, 3.63) is 24.3 Å². The highest BCUT2D eigenvalue weighted by molar-refractivity contribution is 6.00. The number of anilines is 1. The second-order valence-corrected chi connectivity index (χ2v) is 5.65. The SMILES string of the molecule is CC(C)C(C)NC(=O)CN1C(=O)CCOc2ccccc21. The van der Waals surface area contributed by atoms with Crippen LogP contribution >= 0.6 is 0 Å². The quantitative estimate of drug-likeness (QED) is 0.922. The third kappa shape index (κ3) is 3.74. The highest BCUT2D eigenvalue weighted by Crippen LogP contribution is 2.30. The Morgan fingerprint density at radius 2 is 2.05 bits per heavy atom. The molecule has 5 nitrogen and oxygen atoms in total. The van der Waals surface area contributed by atoms with Gasteiger partial charge >= 0.3 is 0 Å². The van der Waals surface area contributed by atoms with Gasteiger partial charge in [0.1, 0.15) is 12.3 Å². The Hall–Kier alpha value is -2.04. The molecule has 5 heteroatoms. The van der Waals surface area contributed by atoms with Crippen molar-refractivity contribution in [2.75, 3.05) is 18.1 Å². The lowest BCUT2D eigenvalue weighted by molar-refractivity contribution is -0.124. The van der Waals surface area contributed by atoms with Crippen molar-refractivity contribution in [2.24, 2.45) is 5.92 Å². The average molecular weight is 290 g/mol.